The minimum atomic E-state index is 0.0907. The first kappa shape index (κ1) is 8.93. The molecule has 0 N–H and O–H groups in total. The van der Waals surface area contributed by atoms with Gasteiger partial charge in [-0.3, -0.25) is 0 Å². The lowest BCUT2D eigenvalue weighted by Gasteiger charge is -1.99. The third-order valence-electron chi connectivity index (χ3n) is 1.07. The molecule has 0 aliphatic heterocycles. The van der Waals surface area contributed by atoms with Crippen molar-refractivity contribution in [3.8, 4) is 5.88 Å². The molecule has 0 aromatic carbocycles. The van der Waals surface area contributed by atoms with Crippen LogP contribution in [-0.2, 0) is 0 Å². The molecule has 12 heavy (non-hydrogen) atoms. The number of hydrogen-bond donors (Lipinski definition) is 0. The van der Waals surface area contributed by atoms with Gasteiger partial charge in [0.25, 0.3) is 0 Å². The molecule has 0 aliphatic carbocycles. The van der Waals surface area contributed by atoms with Crippen LogP contribution in [0.4, 0.5) is 0 Å². The molecule has 0 bridgehead atoms. The first-order chi connectivity index (χ1) is 5.83. The molecule has 1 rings (SSSR count). The van der Waals surface area contributed by atoms with Crippen molar-refractivity contribution in [3.63, 3.8) is 0 Å². The highest BCUT2D eigenvalue weighted by atomic mass is 35.5. The molecule has 1 heterocycles. The lowest BCUT2D eigenvalue weighted by molar-refractivity contribution is 0.345. The molecule has 0 spiro atoms. The van der Waals surface area contributed by atoms with Gasteiger partial charge >= 0.3 is 0 Å². The van der Waals surface area contributed by atoms with Gasteiger partial charge in [-0.1, -0.05) is 12.2 Å². The maximum atomic E-state index is 5.47. The largest absolute Gasteiger partial charge is 0.472 e. The summed E-state index contributed by atoms with van der Waals surface area (Å²) >= 11 is 5.47. The summed E-state index contributed by atoms with van der Waals surface area (Å²) in [7, 11) is 0. The first-order valence-corrected chi connectivity index (χ1v) is 3.80. The van der Waals surface area contributed by atoms with Gasteiger partial charge in [0.05, 0.1) is 0 Å². The van der Waals surface area contributed by atoms with Crippen molar-refractivity contribution in [1.29, 1.82) is 0 Å². The van der Waals surface area contributed by atoms with Gasteiger partial charge in [0.1, 0.15) is 12.8 Å². The summed E-state index contributed by atoms with van der Waals surface area (Å²) in [5.41, 5.74) is 0. The van der Waals surface area contributed by atoms with Crippen LogP contribution >= 0.6 is 11.6 Å². The molecule has 1 aromatic rings. The number of hydrogen-bond acceptors (Lipinski definition) is 4. The van der Waals surface area contributed by atoms with E-state index in [0.717, 1.165) is 0 Å². The molecule has 0 unspecified atom stereocenters. The van der Waals surface area contributed by atoms with Gasteiger partial charge in [-0.2, -0.15) is 10.1 Å². The molecular weight excluding hydrogens is 178 g/mol. The lowest BCUT2D eigenvalue weighted by Crippen LogP contribution is -1.97. The SMILES string of the molecule is CC=CCOc1cnnc(Cl)n1. The number of allylic oxidation sites excluding steroid dienone is 1. The van der Waals surface area contributed by atoms with Gasteiger partial charge in [-0.15, -0.1) is 5.10 Å². The molecule has 1 aromatic heterocycles. The smallest absolute Gasteiger partial charge is 0.246 e. The van der Waals surface area contributed by atoms with Crippen LogP contribution in [0.1, 0.15) is 6.92 Å². The Labute approximate surface area is 75.2 Å². The van der Waals surface area contributed by atoms with Crippen molar-refractivity contribution >= 4 is 11.6 Å². The van der Waals surface area contributed by atoms with Crippen molar-refractivity contribution in [3.05, 3.63) is 23.6 Å². The number of halogens is 1. The quantitative estimate of drug-likeness (QED) is 0.670. The van der Waals surface area contributed by atoms with E-state index in [1.165, 1.54) is 6.20 Å². The maximum Gasteiger partial charge on any atom is 0.246 e. The molecule has 64 valence electrons. The topological polar surface area (TPSA) is 47.9 Å². The second-order valence-electron chi connectivity index (χ2n) is 1.94. The number of nitrogens with zero attached hydrogens (tertiary/aromatic N) is 3. The summed E-state index contributed by atoms with van der Waals surface area (Å²) in [6, 6.07) is 0. The van der Waals surface area contributed by atoms with E-state index >= 15 is 0 Å². The zero-order valence-electron chi connectivity index (χ0n) is 6.57. The van der Waals surface area contributed by atoms with E-state index in [0.29, 0.717) is 12.5 Å². The third-order valence-corrected chi connectivity index (χ3v) is 1.23. The number of aromatic nitrogens is 3. The molecule has 5 heteroatoms. The molecule has 0 aliphatic rings. The Kier molecular flexibility index (Phi) is 3.47. The minimum Gasteiger partial charge on any atom is -0.472 e. The second-order valence-corrected chi connectivity index (χ2v) is 2.28. The zero-order chi connectivity index (χ0) is 8.81. The predicted molar refractivity (Wildman–Crippen MR) is 45.1 cm³/mol. The Morgan fingerprint density at radius 2 is 2.50 bits per heavy atom. The zero-order valence-corrected chi connectivity index (χ0v) is 7.32. The van der Waals surface area contributed by atoms with Gasteiger partial charge in [0.2, 0.25) is 11.2 Å². The Morgan fingerprint density at radius 1 is 1.67 bits per heavy atom. The maximum absolute atomic E-state index is 5.47. The Bertz CT molecular complexity index is 277. The van der Waals surface area contributed by atoms with Gasteiger partial charge in [0.15, 0.2) is 0 Å². The van der Waals surface area contributed by atoms with Crippen LogP contribution in [0.25, 0.3) is 0 Å². The van der Waals surface area contributed by atoms with Crippen molar-refractivity contribution in [1.82, 2.24) is 15.2 Å². The van der Waals surface area contributed by atoms with Gasteiger partial charge in [-0.05, 0) is 18.5 Å². The van der Waals surface area contributed by atoms with Crippen molar-refractivity contribution in [2.24, 2.45) is 0 Å². The Hall–Kier alpha value is -1.16. The number of ether oxygens (including phenoxy) is 1. The Balaban J connectivity index is 2.52. The van der Waals surface area contributed by atoms with Crippen LogP contribution in [0, 0.1) is 0 Å². The molecule has 0 atom stereocenters. The fourth-order valence-corrected chi connectivity index (χ4v) is 0.694. The highest BCUT2D eigenvalue weighted by Gasteiger charge is 1.95. The molecule has 0 saturated heterocycles. The van der Waals surface area contributed by atoms with Crippen LogP contribution in [0.3, 0.4) is 0 Å². The van der Waals surface area contributed by atoms with Crippen molar-refractivity contribution < 1.29 is 4.74 Å². The van der Waals surface area contributed by atoms with Crippen LogP contribution in [0.15, 0.2) is 18.3 Å². The van der Waals surface area contributed by atoms with E-state index < -0.39 is 0 Å². The van der Waals surface area contributed by atoms with Crippen LogP contribution < -0.4 is 4.74 Å². The average molecular weight is 186 g/mol. The van der Waals surface area contributed by atoms with Crippen LogP contribution in [-0.4, -0.2) is 21.8 Å². The van der Waals surface area contributed by atoms with E-state index in [9.17, 15) is 0 Å². The molecule has 0 radical (unpaired) electrons. The van der Waals surface area contributed by atoms with E-state index in [1.54, 1.807) is 0 Å². The third kappa shape index (κ3) is 2.84. The monoisotopic (exact) mass is 185 g/mol. The molecule has 0 fully saturated rings. The van der Waals surface area contributed by atoms with E-state index in [1.807, 2.05) is 19.1 Å². The summed E-state index contributed by atoms with van der Waals surface area (Å²) < 4.78 is 5.14. The highest BCUT2D eigenvalue weighted by Crippen LogP contribution is 2.05. The highest BCUT2D eigenvalue weighted by molar-refractivity contribution is 6.28. The average Bonchev–Trinajstić information content (AvgIpc) is 2.05. The van der Waals surface area contributed by atoms with Gasteiger partial charge in [-0.25, -0.2) is 0 Å². The standard InChI is InChI=1S/C7H8ClN3O/c1-2-3-4-12-6-5-9-11-7(8)10-6/h2-3,5H,4H2,1H3. The lowest BCUT2D eigenvalue weighted by atomic mass is 10.5. The van der Waals surface area contributed by atoms with Crippen molar-refractivity contribution in [2.75, 3.05) is 6.61 Å². The molecule has 0 saturated carbocycles. The summed E-state index contributed by atoms with van der Waals surface area (Å²) in [5.74, 6) is 0.383. The summed E-state index contributed by atoms with van der Waals surface area (Å²) in [6.07, 6.45) is 5.15. The summed E-state index contributed by atoms with van der Waals surface area (Å²) in [4.78, 5) is 3.78. The fraction of sp³-hybridized carbons (Fsp3) is 0.286. The number of rotatable bonds is 3. The van der Waals surface area contributed by atoms with E-state index in [-0.39, 0.29) is 5.28 Å². The molecule has 4 nitrogen and oxygen atoms in total. The molecular formula is C7H8ClN3O. The van der Waals surface area contributed by atoms with Gasteiger partial charge < -0.3 is 4.74 Å². The second kappa shape index (κ2) is 4.66. The van der Waals surface area contributed by atoms with E-state index in [4.69, 9.17) is 16.3 Å². The molecule has 0 amide bonds. The van der Waals surface area contributed by atoms with Crippen LogP contribution in [0.2, 0.25) is 5.28 Å². The predicted octanol–water partition coefficient (Wildman–Crippen LogP) is 1.48. The van der Waals surface area contributed by atoms with E-state index in [2.05, 4.69) is 15.2 Å². The minimum absolute atomic E-state index is 0.0907. The normalized spacial score (nSPS) is 10.5. The van der Waals surface area contributed by atoms with Crippen molar-refractivity contribution in [2.45, 2.75) is 6.92 Å². The van der Waals surface area contributed by atoms with Crippen LogP contribution in [0.5, 0.6) is 5.88 Å². The summed E-state index contributed by atoms with van der Waals surface area (Å²) in [5, 5.41) is 7.13. The summed E-state index contributed by atoms with van der Waals surface area (Å²) in [6.45, 7) is 2.38. The fourth-order valence-electron chi connectivity index (χ4n) is 0.567. The van der Waals surface area contributed by atoms with Gasteiger partial charge in [0, 0.05) is 0 Å². The Morgan fingerprint density at radius 3 is 3.17 bits per heavy atom. The first-order valence-electron chi connectivity index (χ1n) is 3.42.